The number of hydrogen-bond acceptors (Lipinski definition) is 3. The number of halogens is 1. The number of esters is 1. The molecule has 1 aromatic rings. The first-order valence-corrected chi connectivity index (χ1v) is 6.00. The van der Waals surface area contributed by atoms with Crippen molar-refractivity contribution in [3.05, 3.63) is 29.3 Å². The third-order valence-corrected chi connectivity index (χ3v) is 2.27. The van der Waals surface area contributed by atoms with Gasteiger partial charge in [0.1, 0.15) is 5.75 Å². The average Bonchev–Trinajstić information content (AvgIpc) is 2.27. The summed E-state index contributed by atoms with van der Waals surface area (Å²) in [7, 11) is 0. The molecule has 0 saturated carbocycles. The Balaban J connectivity index is 2.28. The Bertz CT molecular complexity index is 363. The summed E-state index contributed by atoms with van der Waals surface area (Å²) in [6.07, 6.45) is 0.234. The van der Waals surface area contributed by atoms with Crippen LogP contribution in [-0.4, -0.2) is 19.2 Å². The Morgan fingerprint density at radius 2 is 2.06 bits per heavy atom. The summed E-state index contributed by atoms with van der Waals surface area (Å²) in [5.41, 5.74) is 0. The average molecular weight is 257 g/mol. The second kappa shape index (κ2) is 7.30. The molecule has 3 nitrogen and oxygen atoms in total. The van der Waals surface area contributed by atoms with Crippen LogP contribution in [0, 0.1) is 5.92 Å². The van der Waals surface area contributed by atoms with Gasteiger partial charge in [0.05, 0.1) is 18.1 Å². The molecule has 0 aliphatic carbocycles. The van der Waals surface area contributed by atoms with Crippen LogP contribution in [0.5, 0.6) is 5.75 Å². The fraction of sp³-hybridized carbons (Fsp3) is 0.462. The molecule has 4 heteroatoms. The minimum atomic E-state index is -0.332. The van der Waals surface area contributed by atoms with E-state index in [0.717, 1.165) is 0 Å². The lowest BCUT2D eigenvalue weighted by Gasteiger charge is -2.07. The molecule has 0 radical (unpaired) electrons. The van der Waals surface area contributed by atoms with Crippen molar-refractivity contribution in [2.24, 2.45) is 5.92 Å². The van der Waals surface area contributed by atoms with Crippen molar-refractivity contribution >= 4 is 17.6 Å². The molecule has 0 saturated heterocycles. The Hall–Kier alpha value is -1.06. The van der Waals surface area contributed by atoms with Gasteiger partial charge in [0.15, 0.2) is 0 Å². The van der Waals surface area contributed by atoms with E-state index >= 15 is 0 Å². The Kier molecular flexibility index (Phi) is 6.01. The summed E-state index contributed by atoms with van der Waals surface area (Å²) in [5.74, 6) is 0.527. The maximum atomic E-state index is 11.4. The van der Waals surface area contributed by atoms with Crippen LogP contribution >= 0.6 is 11.6 Å². The lowest BCUT2D eigenvalue weighted by molar-refractivity contribution is -0.135. The second-order valence-corrected chi connectivity index (χ2v) is 4.53. The summed E-state index contributed by atoms with van der Waals surface area (Å²) >= 11 is 5.86. The molecule has 94 valence electrons. The highest BCUT2D eigenvalue weighted by Gasteiger charge is 2.07. The number of ether oxygens (including phenoxy) is 2. The molecule has 0 fully saturated rings. The summed E-state index contributed by atoms with van der Waals surface area (Å²) in [6.45, 7) is 5.14. The van der Waals surface area contributed by atoms with E-state index in [1.54, 1.807) is 24.3 Å². The number of carbonyl (C=O) groups excluding carboxylic acids is 1. The lowest BCUT2D eigenvalue weighted by atomic mass is 10.2. The van der Waals surface area contributed by atoms with E-state index in [1.807, 2.05) is 0 Å². The third-order valence-electron chi connectivity index (χ3n) is 1.96. The Labute approximate surface area is 107 Å². The Morgan fingerprint density at radius 3 is 2.71 bits per heavy atom. The minimum Gasteiger partial charge on any atom is -0.425 e. The first-order valence-electron chi connectivity index (χ1n) is 5.62. The van der Waals surface area contributed by atoms with Crippen LogP contribution in [0.15, 0.2) is 24.3 Å². The number of para-hydroxylation sites is 1. The van der Waals surface area contributed by atoms with Crippen LogP contribution in [0.3, 0.4) is 0 Å². The number of rotatable bonds is 6. The first-order chi connectivity index (χ1) is 8.09. The van der Waals surface area contributed by atoms with E-state index in [2.05, 4.69) is 13.8 Å². The highest BCUT2D eigenvalue weighted by molar-refractivity contribution is 6.32. The fourth-order valence-electron chi connectivity index (χ4n) is 1.18. The van der Waals surface area contributed by atoms with Crippen LogP contribution in [0.25, 0.3) is 0 Å². The van der Waals surface area contributed by atoms with E-state index in [-0.39, 0.29) is 12.4 Å². The van der Waals surface area contributed by atoms with Gasteiger partial charge in [-0.2, -0.15) is 0 Å². The van der Waals surface area contributed by atoms with Crippen LogP contribution in [0.2, 0.25) is 5.02 Å². The van der Waals surface area contributed by atoms with E-state index in [0.29, 0.717) is 29.9 Å². The zero-order chi connectivity index (χ0) is 12.7. The van der Waals surface area contributed by atoms with Crippen molar-refractivity contribution < 1.29 is 14.3 Å². The molecule has 0 N–H and O–H groups in total. The molecule has 0 aliphatic rings. The molecule has 1 rings (SSSR count). The van der Waals surface area contributed by atoms with E-state index in [9.17, 15) is 4.79 Å². The fourth-order valence-corrected chi connectivity index (χ4v) is 1.35. The van der Waals surface area contributed by atoms with Gasteiger partial charge in [0, 0.05) is 6.61 Å². The van der Waals surface area contributed by atoms with Crippen molar-refractivity contribution in [1.82, 2.24) is 0 Å². The quantitative estimate of drug-likeness (QED) is 0.445. The van der Waals surface area contributed by atoms with Gasteiger partial charge in [-0.3, -0.25) is 4.79 Å². The van der Waals surface area contributed by atoms with Gasteiger partial charge in [-0.05, 0) is 18.1 Å². The highest BCUT2D eigenvalue weighted by atomic mass is 35.5. The molecule has 0 amide bonds. The summed E-state index contributed by atoms with van der Waals surface area (Å²) in [4.78, 5) is 11.4. The molecule has 0 bridgehead atoms. The van der Waals surface area contributed by atoms with Crippen LogP contribution in [0.1, 0.15) is 20.3 Å². The summed E-state index contributed by atoms with van der Waals surface area (Å²) in [5, 5.41) is 0.434. The van der Waals surface area contributed by atoms with Crippen molar-refractivity contribution in [2.45, 2.75) is 20.3 Å². The molecule has 1 aromatic carbocycles. The van der Waals surface area contributed by atoms with Crippen molar-refractivity contribution in [2.75, 3.05) is 13.2 Å². The van der Waals surface area contributed by atoms with Gasteiger partial charge >= 0.3 is 5.97 Å². The first kappa shape index (κ1) is 14.0. The third kappa shape index (κ3) is 5.71. The lowest BCUT2D eigenvalue weighted by Crippen LogP contribution is -2.13. The summed E-state index contributed by atoms with van der Waals surface area (Å²) in [6, 6.07) is 6.89. The van der Waals surface area contributed by atoms with Gasteiger partial charge < -0.3 is 9.47 Å². The van der Waals surface area contributed by atoms with Crippen LogP contribution in [0.4, 0.5) is 0 Å². The molecular weight excluding hydrogens is 240 g/mol. The molecule has 0 aromatic heterocycles. The largest absolute Gasteiger partial charge is 0.425 e. The molecular formula is C13H17ClO3. The van der Waals surface area contributed by atoms with Crippen LogP contribution in [-0.2, 0) is 9.53 Å². The zero-order valence-electron chi connectivity index (χ0n) is 10.1. The van der Waals surface area contributed by atoms with Gasteiger partial charge in [-0.1, -0.05) is 37.6 Å². The van der Waals surface area contributed by atoms with Gasteiger partial charge in [-0.15, -0.1) is 0 Å². The Morgan fingerprint density at radius 1 is 1.35 bits per heavy atom. The normalized spacial score (nSPS) is 10.6. The molecule has 0 heterocycles. The topological polar surface area (TPSA) is 35.5 Å². The van der Waals surface area contributed by atoms with E-state index < -0.39 is 0 Å². The van der Waals surface area contributed by atoms with Crippen molar-refractivity contribution in [3.8, 4) is 5.75 Å². The zero-order valence-corrected chi connectivity index (χ0v) is 10.9. The molecule has 0 unspecified atom stereocenters. The molecule has 0 spiro atoms. The molecule has 17 heavy (non-hydrogen) atoms. The predicted octanol–water partition coefficient (Wildman–Crippen LogP) is 3.31. The maximum Gasteiger partial charge on any atom is 0.313 e. The van der Waals surface area contributed by atoms with Gasteiger partial charge in [-0.25, -0.2) is 0 Å². The van der Waals surface area contributed by atoms with Crippen molar-refractivity contribution in [1.29, 1.82) is 0 Å². The SMILES string of the molecule is CC(C)COCCC(=O)Oc1ccccc1Cl. The standard InChI is InChI=1S/C13H17ClO3/c1-10(2)9-16-8-7-13(15)17-12-6-4-3-5-11(12)14/h3-6,10H,7-9H2,1-2H3. The smallest absolute Gasteiger partial charge is 0.313 e. The maximum absolute atomic E-state index is 11.4. The van der Waals surface area contributed by atoms with E-state index in [1.165, 1.54) is 0 Å². The van der Waals surface area contributed by atoms with E-state index in [4.69, 9.17) is 21.1 Å². The minimum absolute atomic E-state index is 0.234. The van der Waals surface area contributed by atoms with Crippen molar-refractivity contribution in [3.63, 3.8) is 0 Å². The summed E-state index contributed by atoms with van der Waals surface area (Å²) < 4.78 is 10.4. The van der Waals surface area contributed by atoms with Gasteiger partial charge in [0.2, 0.25) is 0 Å². The molecule has 0 aliphatic heterocycles. The number of benzene rings is 1. The predicted molar refractivity (Wildman–Crippen MR) is 67.4 cm³/mol. The monoisotopic (exact) mass is 256 g/mol. The molecule has 0 atom stereocenters. The highest BCUT2D eigenvalue weighted by Crippen LogP contribution is 2.23. The second-order valence-electron chi connectivity index (χ2n) is 4.12. The van der Waals surface area contributed by atoms with Crippen LogP contribution < -0.4 is 4.74 Å². The number of hydrogen-bond donors (Lipinski definition) is 0. The van der Waals surface area contributed by atoms with Gasteiger partial charge in [0.25, 0.3) is 0 Å². The number of carbonyl (C=O) groups is 1.